The first-order chi connectivity index (χ1) is 13.6. The second kappa shape index (κ2) is 7.48. The number of anilines is 2. The van der Waals surface area contributed by atoms with Crippen LogP contribution in [0, 0.1) is 13.8 Å². The maximum Gasteiger partial charge on any atom is 0.258 e. The summed E-state index contributed by atoms with van der Waals surface area (Å²) in [6.07, 6.45) is 1.70. The van der Waals surface area contributed by atoms with Gasteiger partial charge in [-0.25, -0.2) is 9.98 Å². The lowest BCUT2D eigenvalue weighted by Crippen LogP contribution is -2.11. The zero-order valence-corrected chi connectivity index (χ0v) is 15.8. The van der Waals surface area contributed by atoms with Gasteiger partial charge in [0.25, 0.3) is 5.56 Å². The number of rotatable bonds is 3. The molecule has 2 heterocycles. The van der Waals surface area contributed by atoms with Crippen LogP contribution in [-0.4, -0.2) is 9.38 Å². The molecular weight excluding hydrogens is 348 g/mol. The normalized spacial score (nSPS) is 11.6. The number of benzene rings is 2. The van der Waals surface area contributed by atoms with Crippen LogP contribution in [0.25, 0.3) is 5.65 Å². The largest absolute Gasteiger partial charge is 0.352 e. The number of pyridine rings is 1. The third-order valence-electron chi connectivity index (χ3n) is 4.40. The summed E-state index contributed by atoms with van der Waals surface area (Å²) in [7, 11) is 0. The van der Waals surface area contributed by atoms with Crippen molar-refractivity contribution in [2.75, 3.05) is 5.32 Å². The Morgan fingerprint density at radius 1 is 0.893 bits per heavy atom. The van der Waals surface area contributed by atoms with Crippen molar-refractivity contribution in [1.82, 2.24) is 9.38 Å². The van der Waals surface area contributed by atoms with Crippen molar-refractivity contribution in [3.63, 3.8) is 0 Å². The summed E-state index contributed by atoms with van der Waals surface area (Å²) in [5.41, 5.74) is 5.33. The van der Waals surface area contributed by atoms with Crippen molar-refractivity contribution >= 4 is 22.7 Å². The van der Waals surface area contributed by atoms with Gasteiger partial charge in [-0.1, -0.05) is 41.5 Å². The summed E-state index contributed by atoms with van der Waals surface area (Å²) in [4.78, 5) is 22.1. The van der Waals surface area contributed by atoms with Gasteiger partial charge in [-0.3, -0.25) is 9.20 Å². The van der Waals surface area contributed by atoms with Gasteiger partial charge in [0.1, 0.15) is 5.65 Å². The zero-order valence-electron chi connectivity index (χ0n) is 15.8. The van der Waals surface area contributed by atoms with Crippen molar-refractivity contribution in [1.29, 1.82) is 0 Å². The molecule has 4 rings (SSSR count). The fraction of sp³-hybridized carbons (Fsp3) is 0.0870. The van der Waals surface area contributed by atoms with Gasteiger partial charge in [0, 0.05) is 18.0 Å². The highest BCUT2D eigenvalue weighted by Crippen LogP contribution is 2.15. The van der Waals surface area contributed by atoms with Crippen molar-refractivity contribution in [2.45, 2.75) is 13.8 Å². The number of aryl methyl sites for hydroxylation is 2. The zero-order chi connectivity index (χ0) is 19.5. The average Bonchev–Trinajstić information content (AvgIpc) is 2.82. The Labute approximate surface area is 162 Å². The molecule has 138 valence electrons. The Balaban J connectivity index is 1.96. The molecule has 28 heavy (non-hydrogen) atoms. The van der Waals surface area contributed by atoms with Crippen molar-refractivity contribution in [3.8, 4) is 0 Å². The minimum atomic E-state index is -0.178. The molecule has 0 saturated heterocycles. The minimum Gasteiger partial charge on any atom is -0.352 e. The van der Waals surface area contributed by atoms with E-state index in [4.69, 9.17) is 4.99 Å². The minimum absolute atomic E-state index is 0.178. The average molecular weight is 368 g/mol. The molecule has 0 spiro atoms. The van der Waals surface area contributed by atoms with E-state index in [1.165, 1.54) is 10.5 Å². The van der Waals surface area contributed by atoms with Crippen LogP contribution >= 0.6 is 0 Å². The van der Waals surface area contributed by atoms with Crippen molar-refractivity contribution < 1.29 is 0 Å². The van der Waals surface area contributed by atoms with E-state index >= 15 is 0 Å². The molecule has 0 aliphatic rings. The third-order valence-corrected chi connectivity index (χ3v) is 4.40. The summed E-state index contributed by atoms with van der Waals surface area (Å²) in [5.74, 6) is 0. The van der Waals surface area contributed by atoms with Crippen LogP contribution < -0.4 is 16.4 Å². The highest BCUT2D eigenvalue weighted by molar-refractivity contribution is 5.59. The molecule has 0 bridgehead atoms. The lowest BCUT2D eigenvalue weighted by Gasteiger charge is -2.05. The van der Waals surface area contributed by atoms with Gasteiger partial charge in [0.15, 0.2) is 5.49 Å². The summed E-state index contributed by atoms with van der Waals surface area (Å²) >= 11 is 0. The first-order valence-electron chi connectivity index (χ1n) is 9.06. The molecule has 1 N–H and O–H groups in total. The molecule has 0 radical (unpaired) electrons. The van der Waals surface area contributed by atoms with Crippen LogP contribution in [0.5, 0.6) is 0 Å². The van der Waals surface area contributed by atoms with Crippen LogP contribution in [0.4, 0.5) is 17.1 Å². The summed E-state index contributed by atoms with van der Waals surface area (Å²) in [5, 5.41) is 3.30. The molecule has 2 aromatic heterocycles. The van der Waals surface area contributed by atoms with Crippen LogP contribution in [-0.2, 0) is 0 Å². The molecule has 5 nitrogen and oxygen atoms in total. The fourth-order valence-electron chi connectivity index (χ4n) is 2.85. The van der Waals surface area contributed by atoms with Gasteiger partial charge >= 0.3 is 0 Å². The Kier molecular flexibility index (Phi) is 4.72. The van der Waals surface area contributed by atoms with Crippen LogP contribution in [0.1, 0.15) is 11.1 Å². The molecule has 0 aliphatic heterocycles. The van der Waals surface area contributed by atoms with Crippen LogP contribution in [0.3, 0.4) is 0 Å². The molecule has 0 saturated carbocycles. The summed E-state index contributed by atoms with van der Waals surface area (Å²) in [6.45, 7) is 4.06. The molecule has 0 aliphatic carbocycles. The van der Waals surface area contributed by atoms with E-state index in [-0.39, 0.29) is 5.56 Å². The predicted molar refractivity (Wildman–Crippen MR) is 112 cm³/mol. The van der Waals surface area contributed by atoms with Gasteiger partial charge in [-0.15, -0.1) is 0 Å². The van der Waals surface area contributed by atoms with Gasteiger partial charge in [0.2, 0.25) is 0 Å². The van der Waals surface area contributed by atoms with E-state index in [1.807, 2.05) is 68.4 Å². The first kappa shape index (κ1) is 17.7. The Morgan fingerprint density at radius 3 is 2.29 bits per heavy atom. The Hall–Kier alpha value is -3.73. The molecule has 0 fully saturated rings. The molecule has 0 unspecified atom stereocenters. The summed E-state index contributed by atoms with van der Waals surface area (Å²) in [6, 6.07) is 22.8. The van der Waals surface area contributed by atoms with E-state index in [1.54, 1.807) is 18.3 Å². The van der Waals surface area contributed by atoms with E-state index in [9.17, 15) is 4.79 Å². The number of nitrogens with zero attached hydrogens (tertiary/aromatic N) is 3. The Morgan fingerprint density at radius 2 is 1.57 bits per heavy atom. The smallest absolute Gasteiger partial charge is 0.258 e. The standard InChI is InChI=1S/C23H20N4O/c1-16-6-10-18(11-7-16)24-20-15-22(28)27-14-4-3-5-21(27)26-23(20)25-19-12-8-17(2)9-13-19/h3-15,24H,1-2H3. The molecular formula is C23H20N4O. The van der Waals surface area contributed by atoms with E-state index in [2.05, 4.69) is 10.3 Å². The van der Waals surface area contributed by atoms with Gasteiger partial charge in [-0.05, 0) is 50.2 Å². The van der Waals surface area contributed by atoms with Crippen molar-refractivity contribution in [3.05, 3.63) is 106 Å². The quantitative estimate of drug-likeness (QED) is 0.587. The number of hydrogen-bond acceptors (Lipinski definition) is 4. The number of aromatic nitrogens is 2. The number of nitrogens with one attached hydrogen (secondary N) is 1. The lowest BCUT2D eigenvalue weighted by atomic mass is 10.2. The predicted octanol–water partition coefficient (Wildman–Crippen LogP) is 4.29. The second-order valence-corrected chi connectivity index (χ2v) is 6.70. The van der Waals surface area contributed by atoms with E-state index in [0.717, 1.165) is 22.5 Å². The molecule has 0 amide bonds. The molecule has 0 atom stereocenters. The van der Waals surface area contributed by atoms with Gasteiger partial charge < -0.3 is 5.32 Å². The molecule has 5 heteroatoms. The van der Waals surface area contributed by atoms with Crippen molar-refractivity contribution in [2.24, 2.45) is 4.99 Å². The van der Waals surface area contributed by atoms with E-state index in [0.29, 0.717) is 16.8 Å². The van der Waals surface area contributed by atoms with Gasteiger partial charge in [-0.2, -0.15) is 0 Å². The third kappa shape index (κ3) is 3.83. The first-order valence-corrected chi connectivity index (χ1v) is 9.06. The number of hydrogen-bond donors (Lipinski definition) is 1. The highest BCUT2D eigenvalue weighted by Gasteiger charge is 2.04. The maximum absolute atomic E-state index is 12.7. The maximum atomic E-state index is 12.7. The fourth-order valence-corrected chi connectivity index (χ4v) is 2.85. The monoisotopic (exact) mass is 368 g/mol. The molecule has 4 aromatic rings. The van der Waals surface area contributed by atoms with Gasteiger partial charge in [0.05, 0.1) is 11.4 Å². The second-order valence-electron chi connectivity index (χ2n) is 6.70. The summed E-state index contributed by atoms with van der Waals surface area (Å²) < 4.78 is 1.51. The van der Waals surface area contributed by atoms with Crippen LogP contribution in [0.15, 0.2) is 88.8 Å². The number of fused-ring (bicyclic) bond motifs is 1. The lowest BCUT2D eigenvalue weighted by molar-refractivity contribution is 1.07. The Bertz CT molecular complexity index is 1260. The van der Waals surface area contributed by atoms with Crippen LogP contribution in [0.2, 0.25) is 0 Å². The molecule has 2 aromatic carbocycles. The highest BCUT2D eigenvalue weighted by atomic mass is 16.1. The topological polar surface area (TPSA) is 58.8 Å². The SMILES string of the molecule is Cc1ccc(N=c2nc3ccccn3c(=O)cc2Nc2ccc(C)cc2)cc1. The van der Waals surface area contributed by atoms with E-state index < -0.39 is 0 Å².